The Hall–Kier alpha value is -5.86. The van der Waals surface area contributed by atoms with Crippen molar-refractivity contribution in [3.63, 3.8) is 0 Å². The molecule has 1 rings (SSSR count). The summed E-state index contributed by atoms with van der Waals surface area (Å²) in [5.74, 6) is -9.38. The Kier molecular flexibility index (Phi) is 37.9. The van der Waals surface area contributed by atoms with E-state index in [1.807, 2.05) is 47.6 Å². The van der Waals surface area contributed by atoms with Gasteiger partial charge < -0.3 is 65.8 Å². The average Bonchev–Trinajstić information content (AvgIpc) is 0.805. The third-order valence-corrected chi connectivity index (χ3v) is 19.5. The summed E-state index contributed by atoms with van der Waals surface area (Å²) in [6.45, 7) is 38.9. The first-order valence-corrected chi connectivity index (χ1v) is 36.7. The lowest BCUT2D eigenvalue weighted by Gasteiger charge is -2.41. The molecule has 1 aliphatic rings. The van der Waals surface area contributed by atoms with Crippen molar-refractivity contribution in [2.24, 2.45) is 41.4 Å². The van der Waals surface area contributed by atoms with E-state index in [0.717, 1.165) is 16.3 Å². The van der Waals surface area contributed by atoms with Gasteiger partial charge in [0.15, 0.2) is 0 Å². The average molecular weight is 1410 g/mol. The van der Waals surface area contributed by atoms with Gasteiger partial charge in [0.1, 0.15) is 66.5 Å². The fraction of sp³-hybridized carbons (Fsp3) is 0.819. The van der Waals surface area contributed by atoms with E-state index in [1.165, 1.54) is 113 Å². The first-order valence-electron chi connectivity index (χ1n) is 35.5. The Morgan fingerprint density at radius 1 is 0.500 bits per heavy atom. The number of nitrogens with zero attached hydrogens (tertiary/aromatic N) is 8. The summed E-state index contributed by atoms with van der Waals surface area (Å²) >= 11 is 1.41. The largest absolute Gasteiger partial charge is 0.390 e. The van der Waals surface area contributed by atoms with E-state index in [0.29, 0.717) is 18.2 Å². The molecule has 1 aliphatic heterocycles. The van der Waals surface area contributed by atoms with Crippen LogP contribution in [0.3, 0.4) is 0 Å². The summed E-state index contributed by atoms with van der Waals surface area (Å²) in [6.07, 6.45) is 2.36. The molecule has 0 aromatic carbocycles. The topological polar surface area (TPSA) is 302 Å². The Balaban J connectivity index is 4.62. The van der Waals surface area contributed by atoms with Crippen LogP contribution in [0.15, 0.2) is 12.2 Å². The lowest BCUT2D eigenvalue weighted by Crippen LogP contribution is -2.64. The van der Waals surface area contributed by atoms with Gasteiger partial charge in [-0.25, -0.2) is 0 Å². The molecule has 0 bridgehead atoms. The number of nitrogens with one attached hydrogen (secondary N) is 4. The molecule has 98 heavy (non-hydrogen) atoms. The Labute approximate surface area is 593 Å². The van der Waals surface area contributed by atoms with Crippen molar-refractivity contribution in [1.82, 2.24) is 60.5 Å². The van der Waals surface area contributed by atoms with Crippen LogP contribution in [0.1, 0.15) is 184 Å². The Morgan fingerprint density at radius 3 is 1.40 bits per heavy atom. The maximum atomic E-state index is 15.5. The first kappa shape index (κ1) is 90.2. The third-order valence-electron chi connectivity index (χ3n) is 18.5. The summed E-state index contributed by atoms with van der Waals surface area (Å²) in [5, 5.41) is 34.9. The first-order chi connectivity index (χ1) is 45.1. The number of aliphatic hydroxyl groups is 2. The van der Waals surface area contributed by atoms with Gasteiger partial charge in [-0.15, -0.1) is 0 Å². The molecule has 0 aromatic heterocycles. The van der Waals surface area contributed by atoms with Crippen molar-refractivity contribution in [2.75, 3.05) is 73.9 Å². The highest BCUT2D eigenvalue weighted by atomic mass is 32.2. The van der Waals surface area contributed by atoms with Gasteiger partial charge >= 0.3 is 0 Å². The summed E-state index contributed by atoms with van der Waals surface area (Å²) in [6, 6.07) is -14.2. The molecule has 0 spiro atoms. The highest BCUT2D eigenvalue weighted by Crippen LogP contribution is 2.27. The van der Waals surface area contributed by atoms with Crippen molar-refractivity contribution in [3.8, 4) is 0 Å². The van der Waals surface area contributed by atoms with Crippen molar-refractivity contribution < 1.29 is 63.0 Å². The van der Waals surface area contributed by atoms with Crippen LogP contribution in [0.4, 0.5) is 0 Å². The van der Waals surface area contributed by atoms with Gasteiger partial charge in [0.05, 0.1) is 11.7 Å². The van der Waals surface area contributed by atoms with Gasteiger partial charge in [-0.1, -0.05) is 109 Å². The number of hydrogen-bond acceptors (Lipinski definition) is 15. The van der Waals surface area contributed by atoms with Crippen LogP contribution >= 0.6 is 11.8 Å². The summed E-state index contributed by atoms with van der Waals surface area (Å²) in [4.78, 5) is 176. The van der Waals surface area contributed by atoms with E-state index in [9.17, 15) is 29.4 Å². The number of aliphatic hydroxyl groups excluding tert-OH is 1. The van der Waals surface area contributed by atoms with E-state index in [2.05, 4.69) is 53.9 Å². The molecule has 13 atom stereocenters. The molecule has 0 radical (unpaired) electrons. The molecule has 0 unspecified atom stereocenters. The van der Waals surface area contributed by atoms with E-state index in [-0.39, 0.29) is 68.1 Å². The zero-order valence-corrected chi connectivity index (χ0v) is 66.0. The number of rotatable bonds is 23. The molecule has 6 N–H and O–H groups in total. The number of amides is 11. The molecule has 26 heteroatoms. The third kappa shape index (κ3) is 26.6. The van der Waals surface area contributed by atoms with Crippen LogP contribution in [0.25, 0.3) is 0 Å². The second-order valence-corrected chi connectivity index (χ2v) is 31.9. The Bertz CT molecular complexity index is 2670. The van der Waals surface area contributed by atoms with Gasteiger partial charge in [0.25, 0.3) is 0 Å². The van der Waals surface area contributed by atoms with Crippen molar-refractivity contribution >= 4 is 76.7 Å². The molecule has 1 fully saturated rings. The minimum atomic E-state index is -1.66. The fourth-order valence-electron chi connectivity index (χ4n) is 12.4. The monoisotopic (exact) mass is 1400 g/mol. The van der Waals surface area contributed by atoms with Gasteiger partial charge in [0, 0.05) is 86.4 Å². The van der Waals surface area contributed by atoms with Crippen molar-refractivity contribution in [3.05, 3.63) is 12.2 Å². The lowest BCUT2D eigenvalue weighted by atomic mass is 9.91. The summed E-state index contributed by atoms with van der Waals surface area (Å²) in [7, 11) is 9.92. The lowest BCUT2D eigenvalue weighted by molar-refractivity contribution is -0.157. The normalized spacial score (nSPS) is 26.0. The molecule has 1 saturated heterocycles. The SMILES string of the molecule is C/C=C/C[C@@H](C)[C@@H](O)[C@H]1C(=O)N[C@@H](CC)C(=O)N(C)[C@H](CSCCN(CC(C)C)C(C)C)C(=O)N(C)[C@@H](CC(C)(C)O)C(=O)N[C@@H](C(C)C)C(=O)N(C)[C@@H](CC(C)C)C(=O)N[C@@H](C)C(=O)N[C@H](C)C(=O)N(C)[C@@H](CC(C)C)C(=O)N(C)[C@@H](CC(C)C)C(=O)N(C)[C@@H](C(C)C)C(=O)N1C. The van der Waals surface area contributed by atoms with Crippen LogP contribution in [-0.2, 0) is 52.7 Å². The fourth-order valence-corrected chi connectivity index (χ4v) is 13.5. The predicted molar refractivity (Wildman–Crippen MR) is 388 cm³/mol. The quantitative estimate of drug-likeness (QED) is 0.0589. The van der Waals surface area contributed by atoms with Crippen LogP contribution in [0.2, 0.25) is 0 Å². The highest BCUT2D eigenvalue weighted by Gasteiger charge is 2.47. The molecule has 11 amide bonds. The zero-order valence-electron chi connectivity index (χ0n) is 65.1. The minimum absolute atomic E-state index is 0.0102. The molecule has 0 aromatic rings. The van der Waals surface area contributed by atoms with Gasteiger partial charge in [-0.2, -0.15) is 11.8 Å². The van der Waals surface area contributed by atoms with Crippen molar-refractivity contribution in [2.45, 2.75) is 268 Å². The van der Waals surface area contributed by atoms with Gasteiger partial charge in [-0.05, 0) is 122 Å². The zero-order chi connectivity index (χ0) is 76.0. The molecular weight excluding hydrogens is 1270 g/mol. The molecular formula is C72H132N12O13S. The van der Waals surface area contributed by atoms with Crippen LogP contribution in [0, 0.1) is 41.4 Å². The van der Waals surface area contributed by atoms with Crippen LogP contribution in [0.5, 0.6) is 0 Å². The predicted octanol–water partition coefficient (Wildman–Crippen LogP) is 4.85. The molecule has 0 saturated carbocycles. The van der Waals surface area contributed by atoms with E-state index in [1.54, 1.807) is 54.5 Å². The standard InChI is InChI=1S/C72H132N12O13S/c1-29-31-32-48(17)60(85)59-64(89)75-51(30-2)66(91)81(26)56(40-98-34-33-84(47(15)16)39-44(9)10)69(94)80(25)55(38-72(20,21)97)63(88)76-57(45(11)12)70(95)77(22)52(35-41(3)4)62(87)73-49(18)61(86)74-50(19)65(90)78(23)53(36-42(5)6)67(92)79(24)54(37-43(7)8)68(93)82(27)58(46(13)14)71(96)83(59)28/h29,31,41-60,85,97H,30,32-40H2,1-28H3,(H,73,87)(H,74,86)(H,75,89)(H,76,88)/b31-29+/t48-,49+,50-,51+,52+,53+,54+,55+,56-,57+,58+,59+,60-/m1/s1. The molecule has 1 heterocycles. The second kappa shape index (κ2) is 41.2. The number of allylic oxidation sites excluding steroid dienone is 2. The van der Waals surface area contributed by atoms with Crippen LogP contribution < -0.4 is 21.3 Å². The van der Waals surface area contributed by atoms with Crippen LogP contribution in [-0.4, -0.2) is 273 Å². The molecule has 25 nitrogen and oxygen atoms in total. The number of likely N-dealkylation sites (N-methyl/N-ethyl adjacent to an activating group) is 7. The molecule has 564 valence electrons. The van der Waals surface area contributed by atoms with E-state index < -0.39 is 161 Å². The smallest absolute Gasteiger partial charge is 0.246 e. The Morgan fingerprint density at radius 2 is 0.939 bits per heavy atom. The van der Waals surface area contributed by atoms with E-state index in [4.69, 9.17) is 0 Å². The summed E-state index contributed by atoms with van der Waals surface area (Å²) in [5.41, 5.74) is -1.59. The van der Waals surface area contributed by atoms with Gasteiger partial charge in [-0.3, -0.25) is 57.6 Å². The maximum Gasteiger partial charge on any atom is 0.246 e. The van der Waals surface area contributed by atoms with Crippen molar-refractivity contribution in [1.29, 1.82) is 0 Å². The molecule has 0 aliphatic carbocycles. The number of carbonyl (C=O) groups excluding carboxylic acids is 11. The maximum absolute atomic E-state index is 15.5. The summed E-state index contributed by atoms with van der Waals surface area (Å²) < 4.78 is 0. The number of thioether (sulfide) groups is 1. The number of hydrogen-bond donors (Lipinski definition) is 6. The van der Waals surface area contributed by atoms with Gasteiger partial charge in [0.2, 0.25) is 65.0 Å². The van der Waals surface area contributed by atoms with E-state index >= 15 is 33.6 Å². The minimum Gasteiger partial charge on any atom is -0.390 e. The highest BCUT2D eigenvalue weighted by molar-refractivity contribution is 7.99. The number of carbonyl (C=O) groups is 11. The second-order valence-electron chi connectivity index (χ2n) is 30.8.